The molecule has 0 saturated carbocycles. The standard InChI is InChI=1S/C21H28OS.C16H38OSi2/c1-21(2,3)19-10-12-20(13-11-19)23-16-4-5-17-6-8-18(9-7-17)14-15-22;1-13(2)15(5,6)18(9,10)17-19(11,12)16(7,8)14(3)4/h6-13,22H,4-5,14-16H2,1-3H3;13-14H,1-12H3. The first kappa shape index (κ1) is 39.2. The minimum absolute atomic E-state index is 0.226. The molecule has 0 amide bonds. The van der Waals surface area contributed by atoms with Gasteiger partial charge in [-0.05, 0) is 107 Å². The molecule has 0 aliphatic heterocycles. The molecule has 0 saturated heterocycles. The van der Waals surface area contributed by atoms with Gasteiger partial charge in [-0.15, -0.1) is 11.8 Å². The number of aryl methyl sites for hydroxylation is 1. The Balaban J connectivity index is 0.000000430. The highest BCUT2D eigenvalue weighted by Gasteiger charge is 2.51. The number of thioether (sulfide) groups is 1. The van der Waals surface area contributed by atoms with Crippen molar-refractivity contribution in [1.82, 2.24) is 0 Å². The van der Waals surface area contributed by atoms with Crippen LogP contribution in [-0.4, -0.2) is 34.1 Å². The summed E-state index contributed by atoms with van der Waals surface area (Å²) in [7, 11) is -3.45. The lowest BCUT2D eigenvalue weighted by Gasteiger charge is -2.52. The molecule has 0 heterocycles. The predicted octanol–water partition coefficient (Wildman–Crippen LogP) is 11.5. The third-order valence-corrected chi connectivity index (χ3v) is 23.1. The van der Waals surface area contributed by atoms with Gasteiger partial charge in [0.25, 0.3) is 0 Å². The third kappa shape index (κ3) is 11.3. The van der Waals surface area contributed by atoms with Gasteiger partial charge in [0.05, 0.1) is 0 Å². The van der Waals surface area contributed by atoms with Gasteiger partial charge < -0.3 is 9.22 Å². The number of hydrogen-bond donors (Lipinski definition) is 1. The van der Waals surface area contributed by atoms with Crippen LogP contribution in [0.15, 0.2) is 53.4 Å². The molecular formula is C37H66O2SSi2. The summed E-state index contributed by atoms with van der Waals surface area (Å²) in [4.78, 5) is 1.36. The summed E-state index contributed by atoms with van der Waals surface area (Å²) in [5.74, 6) is 2.48. The van der Waals surface area contributed by atoms with Gasteiger partial charge in [0.2, 0.25) is 0 Å². The second kappa shape index (κ2) is 15.9. The fourth-order valence-corrected chi connectivity index (χ4v) is 15.7. The van der Waals surface area contributed by atoms with Crippen molar-refractivity contribution in [2.75, 3.05) is 12.4 Å². The molecule has 42 heavy (non-hydrogen) atoms. The number of aliphatic hydroxyl groups excluding tert-OH is 1. The minimum atomic E-state index is -1.72. The van der Waals surface area contributed by atoms with Crippen LogP contribution in [0, 0.1) is 11.8 Å². The number of benzene rings is 2. The van der Waals surface area contributed by atoms with Crippen LogP contribution in [0.4, 0.5) is 0 Å². The van der Waals surface area contributed by atoms with Gasteiger partial charge in [0, 0.05) is 11.5 Å². The van der Waals surface area contributed by atoms with Crippen molar-refractivity contribution in [1.29, 1.82) is 0 Å². The molecule has 2 rings (SSSR count). The maximum Gasteiger partial charge on any atom is 0.179 e. The van der Waals surface area contributed by atoms with E-state index in [0.29, 0.717) is 21.9 Å². The van der Waals surface area contributed by atoms with Gasteiger partial charge in [-0.25, -0.2) is 0 Å². The lowest BCUT2D eigenvalue weighted by atomic mass is 9.87. The molecular weight excluding hydrogens is 565 g/mol. The third-order valence-electron chi connectivity index (χ3n) is 10.5. The Labute approximate surface area is 268 Å². The molecule has 0 atom stereocenters. The van der Waals surface area contributed by atoms with Crippen LogP contribution in [-0.2, 0) is 22.4 Å². The van der Waals surface area contributed by atoms with Crippen LogP contribution in [0.3, 0.4) is 0 Å². The van der Waals surface area contributed by atoms with Crippen molar-refractivity contribution >= 4 is 28.4 Å². The zero-order chi connectivity index (χ0) is 32.6. The molecule has 0 aliphatic carbocycles. The summed E-state index contributed by atoms with van der Waals surface area (Å²) in [5, 5.41) is 9.55. The van der Waals surface area contributed by atoms with E-state index in [1.807, 2.05) is 11.8 Å². The van der Waals surface area contributed by atoms with Crippen molar-refractivity contribution in [2.24, 2.45) is 11.8 Å². The van der Waals surface area contributed by atoms with Crippen LogP contribution in [0.5, 0.6) is 0 Å². The van der Waals surface area contributed by atoms with Crippen molar-refractivity contribution in [3.63, 3.8) is 0 Å². The van der Waals surface area contributed by atoms with E-state index in [9.17, 15) is 0 Å². The molecule has 240 valence electrons. The minimum Gasteiger partial charge on any atom is -0.455 e. The van der Waals surface area contributed by atoms with E-state index in [-0.39, 0.29) is 12.0 Å². The van der Waals surface area contributed by atoms with Crippen molar-refractivity contribution in [3.8, 4) is 0 Å². The van der Waals surface area contributed by atoms with Gasteiger partial charge >= 0.3 is 0 Å². The quantitative estimate of drug-likeness (QED) is 0.136. The highest BCUT2D eigenvalue weighted by atomic mass is 32.2. The Morgan fingerprint density at radius 1 is 0.667 bits per heavy atom. The van der Waals surface area contributed by atoms with E-state index in [1.54, 1.807) is 0 Å². The Hall–Kier alpha value is -0.856. The number of aliphatic hydroxyl groups is 1. The normalized spacial score (nSPS) is 13.4. The number of hydrogen-bond acceptors (Lipinski definition) is 3. The predicted molar refractivity (Wildman–Crippen MR) is 195 cm³/mol. The highest BCUT2D eigenvalue weighted by Crippen LogP contribution is 2.51. The van der Waals surface area contributed by atoms with Gasteiger partial charge in [0.1, 0.15) is 0 Å². The Kier molecular flexibility index (Phi) is 14.9. The molecule has 0 aliphatic rings. The topological polar surface area (TPSA) is 29.5 Å². The first-order valence-corrected chi connectivity index (χ1v) is 23.0. The van der Waals surface area contributed by atoms with Crippen LogP contribution in [0.1, 0.15) is 99.3 Å². The second-order valence-corrected chi connectivity index (χ2v) is 26.5. The molecule has 0 bridgehead atoms. The fraction of sp³-hybridized carbons (Fsp3) is 0.676. The molecule has 0 radical (unpaired) electrons. The van der Waals surface area contributed by atoms with E-state index in [0.717, 1.165) is 18.6 Å². The SMILES string of the molecule is CC(C)(C)c1ccc(SCCCc2ccc(CCO)cc2)cc1.CC(C)C(C)(C)[Si](C)(C)O[Si](C)(C)C(C)(C)C(C)C. The first-order valence-electron chi connectivity index (χ1n) is 16.2. The zero-order valence-electron chi connectivity index (χ0n) is 30.1. The summed E-state index contributed by atoms with van der Waals surface area (Å²) in [6, 6.07) is 17.6. The van der Waals surface area contributed by atoms with Crippen LogP contribution in [0.25, 0.3) is 0 Å². The van der Waals surface area contributed by atoms with Crippen molar-refractivity contribution in [3.05, 3.63) is 65.2 Å². The summed E-state index contributed by atoms with van der Waals surface area (Å²) >= 11 is 1.94. The molecule has 2 aromatic rings. The molecule has 0 unspecified atom stereocenters. The highest BCUT2D eigenvalue weighted by molar-refractivity contribution is 7.99. The van der Waals surface area contributed by atoms with Crippen molar-refractivity contribution in [2.45, 2.75) is 142 Å². The summed E-state index contributed by atoms with van der Waals surface area (Å²) in [5.41, 5.74) is 4.22. The fourth-order valence-electron chi connectivity index (χ4n) is 4.81. The van der Waals surface area contributed by atoms with Gasteiger partial charge in [-0.3, -0.25) is 0 Å². The lowest BCUT2D eigenvalue weighted by molar-refractivity contribution is 0.299. The largest absolute Gasteiger partial charge is 0.455 e. The average molecular weight is 631 g/mol. The van der Waals surface area contributed by atoms with Gasteiger partial charge in [-0.2, -0.15) is 0 Å². The summed E-state index contributed by atoms with van der Waals surface area (Å²) < 4.78 is 6.96. The molecule has 2 aromatic carbocycles. The first-order chi connectivity index (χ1) is 19.1. The summed E-state index contributed by atoms with van der Waals surface area (Å²) in [6.07, 6.45) is 3.05. The maximum absolute atomic E-state index is 8.93. The van der Waals surface area contributed by atoms with E-state index in [2.05, 4.69) is 151 Å². The average Bonchev–Trinajstić information content (AvgIpc) is 2.87. The smallest absolute Gasteiger partial charge is 0.179 e. The van der Waals surface area contributed by atoms with Crippen LogP contribution >= 0.6 is 11.8 Å². The maximum atomic E-state index is 8.93. The van der Waals surface area contributed by atoms with E-state index >= 15 is 0 Å². The Bertz CT molecular complexity index is 1020. The molecule has 0 aromatic heterocycles. The Morgan fingerprint density at radius 2 is 1.07 bits per heavy atom. The monoisotopic (exact) mass is 630 g/mol. The van der Waals surface area contributed by atoms with Gasteiger partial charge in [-0.1, -0.05) is 113 Å². The molecule has 0 spiro atoms. The van der Waals surface area contributed by atoms with Crippen LogP contribution in [0.2, 0.25) is 36.3 Å². The second-order valence-electron chi connectivity index (χ2n) is 15.9. The van der Waals surface area contributed by atoms with E-state index in [4.69, 9.17) is 9.22 Å². The molecule has 5 heteroatoms. The van der Waals surface area contributed by atoms with Crippen LogP contribution < -0.4 is 0 Å². The van der Waals surface area contributed by atoms with Gasteiger partial charge in [0.15, 0.2) is 16.6 Å². The summed E-state index contributed by atoms with van der Waals surface area (Å²) in [6.45, 7) is 35.6. The Morgan fingerprint density at radius 3 is 1.43 bits per heavy atom. The van der Waals surface area contributed by atoms with E-state index in [1.165, 1.54) is 28.0 Å². The molecule has 0 fully saturated rings. The molecule has 1 N–H and O–H groups in total. The molecule has 2 nitrogen and oxygen atoms in total. The zero-order valence-corrected chi connectivity index (χ0v) is 32.9. The number of rotatable bonds is 13. The van der Waals surface area contributed by atoms with Crippen molar-refractivity contribution < 1.29 is 9.22 Å². The van der Waals surface area contributed by atoms with E-state index < -0.39 is 16.6 Å². The lowest BCUT2D eigenvalue weighted by Crippen LogP contribution is -2.57.